The summed E-state index contributed by atoms with van der Waals surface area (Å²) in [4.78, 5) is 33.8. The van der Waals surface area contributed by atoms with Gasteiger partial charge < -0.3 is 21.1 Å². The molecule has 0 spiro atoms. The molecule has 0 saturated carbocycles. The summed E-state index contributed by atoms with van der Waals surface area (Å²) in [6.45, 7) is 0.287. The van der Waals surface area contributed by atoms with Gasteiger partial charge in [-0.2, -0.15) is 0 Å². The van der Waals surface area contributed by atoms with Crippen LogP contribution in [0.5, 0.6) is 0 Å². The third-order valence-corrected chi connectivity index (χ3v) is 3.08. The molecule has 0 radical (unpaired) electrons. The number of nitrogens with one attached hydrogen (secondary N) is 3. The van der Waals surface area contributed by atoms with Crippen LogP contribution < -0.4 is 16.0 Å². The quantitative estimate of drug-likeness (QED) is 0.665. The number of hydrogen-bond acceptors (Lipinski definition) is 3. The molecular formula is C13H14FN3O4. The van der Waals surface area contributed by atoms with Crippen LogP contribution in [0.25, 0.3) is 0 Å². The van der Waals surface area contributed by atoms with Gasteiger partial charge in [-0.05, 0) is 18.6 Å². The van der Waals surface area contributed by atoms with E-state index in [1.54, 1.807) is 0 Å². The van der Waals surface area contributed by atoms with Crippen LogP contribution in [0.2, 0.25) is 0 Å². The summed E-state index contributed by atoms with van der Waals surface area (Å²) in [7, 11) is 0. The van der Waals surface area contributed by atoms with E-state index in [4.69, 9.17) is 5.11 Å². The molecule has 1 heterocycles. The van der Waals surface area contributed by atoms with E-state index in [1.165, 1.54) is 12.1 Å². The van der Waals surface area contributed by atoms with Gasteiger partial charge in [-0.3, -0.25) is 4.79 Å². The van der Waals surface area contributed by atoms with E-state index in [-0.39, 0.29) is 29.7 Å². The molecule has 1 aromatic carbocycles. The zero-order valence-corrected chi connectivity index (χ0v) is 11.0. The van der Waals surface area contributed by atoms with Crippen LogP contribution in [0.15, 0.2) is 18.2 Å². The summed E-state index contributed by atoms with van der Waals surface area (Å²) in [5, 5.41) is 16.3. The van der Waals surface area contributed by atoms with E-state index in [1.807, 2.05) is 0 Å². The van der Waals surface area contributed by atoms with Crippen molar-refractivity contribution in [3.05, 3.63) is 29.6 Å². The Morgan fingerprint density at radius 1 is 1.38 bits per heavy atom. The van der Waals surface area contributed by atoms with Crippen molar-refractivity contribution in [2.24, 2.45) is 0 Å². The van der Waals surface area contributed by atoms with Gasteiger partial charge in [-0.25, -0.2) is 14.0 Å². The second kappa shape index (κ2) is 6.21. The molecule has 112 valence electrons. The Morgan fingerprint density at radius 2 is 2.14 bits per heavy atom. The summed E-state index contributed by atoms with van der Waals surface area (Å²) in [5.41, 5.74) is -0.718. The number of urea groups is 1. The first-order valence-electron chi connectivity index (χ1n) is 6.33. The molecule has 0 bridgehead atoms. The van der Waals surface area contributed by atoms with Gasteiger partial charge in [0, 0.05) is 19.0 Å². The highest BCUT2D eigenvalue weighted by Gasteiger charge is 2.21. The van der Waals surface area contributed by atoms with Gasteiger partial charge in [0.1, 0.15) is 5.82 Å². The van der Waals surface area contributed by atoms with E-state index >= 15 is 0 Å². The molecule has 0 aliphatic carbocycles. The lowest BCUT2D eigenvalue weighted by atomic mass is 10.1. The standard InChI is InChI=1S/C13H14FN3O4/c14-9-3-1-2-8(12(19)20)11(9)17-13(21)16-7-4-5-10(18)15-6-7/h1-3,7H,4-6H2,(H,15,18)(H,19,20)(H2,16,17,21). The number of aromatic carboxylic acids is 1. The van der Waals surface area contributed by atoms with E-state index in [0.29, 0.717) is 12.8 Å². The number of halogens is 1. The fourth-order valence-corrected chi connectivity index (χ4v) is 2.02. The molecule has 7 nitrogen and oxygen atoms in total. The Balaban J connectivity index is 2.03. The molecule has 1 fully saturated rings. The van der Waals surface area contributed by atoms with Gasteiger partial charge in [-0.1, -0.05) is 6.07 Å². The minimum atomic E-state index is -1.34. The zero-order valence-electron chi connectivity index (χ0n) is 11.0. The average molecular weight is 295 g/mol. The van der Waals surface area contributed by atoms with Crippen molar-refractivity contribution < 1.29 is 23.9 Å². The van der Waals surface area contributed by atoms with Crippen LogP contribution in [-0.4, -0.2) is 35.6 Å². The molecule has 1 atom stereocenters. The summed E-state index contributed by atoms with van der Waals surface area (Å²) in [6, 6.07) is 2.51. The van der Waals surface area contributed by atoms with Crippen molar-refractivity contribution in [3.8, 4) is 0 Å². The molecule has 21 heavy (non-hydrogen) atoms. The Hall–Kier alpha value is -2.64. The highest BCUT2D eigenvalue weighted by Crippen LogP contribution is 2.19. The van der Waals surface area contributed by atoms with Crippen LogP contribution in [-0.2, 0) is 4.79 Å². The van der Waals surface area contributed by atoms with Crippen molar-refractivity contribution in [2.75, 3.05) is 11.9 Å². The van der Waals surface area contributed by atoms with E-state index in [0.717, 1.165) is 6.07 Å². The van der Waals surface area contributed by atoms with Crippen LogP contribution in [0, 0.1) is 5.82 Å². The maximum atomic E-state index is 13.6. The summed E-state index contributed by atoms with van der Waals surface area (Å²) >= 11 is 0. The van der Waals surface area contributed by atoms with Crippen molar-refractivity contribution in [1.29, 1.82) is 0 Å². The molecule has 3 amide bonds. The second-order valence-electron chi connectivity index (χ2n) is 4.61. The van der Waals surface area contributed by atoms with Gasteiger partial charge in [-0.15, -0.1) is 0 Å². The van der Waals surface area contributed by atoms with Crippen LogP contribution in [0.1, 0.15) is 23.2 Å². The smallest absolute Gasteiger partial charge is 0.337 e. The number of piperidine rings is 1. The zero-order chi connectivity index (χ0) is 15.4. The molecule has 1 unspecified atom stereocenters. The number of rotatable bonds is 3. The molecule has 1 aliphatic heterocycles. The van der Waals surface area contributed by atoms with Crippen LogP contribution >= 0.6 is 0 Å². The number of benzene rings is 1. The first-order chi connectivity index (χ1) is 9.97. The number of carboxylic acid groups (broad SMARTS) is 1. The van der Waals surface area contributed by atoms with Crippen molar-refractivity contribution in [3.63, 3.8) is 0 Å². The lowest BCUT2D eigenvalue weighted by Crippen LogP contribution is -2.49. The normalized spacial score (nSPS) is 17.8. The highest BCUT2D eigenvalue weighted by molar-refractivity contribution is 6.00. The molecule has 1 saturated heterocycles. The Labute approximate surface area is 119 Å². The topological polar surface area (TPSA) is 108 Å². The summed E-state index contributed by atoms with van der Waals surface area (Å²) in [5.74, 6) is -2.26. The minimum Gasteiger partial charge on any atom is -0.478 e. The monoisotopic (exact) mass is 295 g/mol. The number of amides is 3. The molecular weight excluding hydrogens is 281 g/mol. The largest absolute Gasteiger partial charge is 0.478 e. The Kier molecular flexibility index (Phi) is 4.36. The van der Waals surface area contributed by atoms with Crippen molar-refractivity contribution >= 4 is 23.6 Å². The number of anilines is 1. The third-order valence-electron chi connectivity index (χ3n) is 3.08. The minimum absolute atomic E-state index is 0.0873. The first-order valence-corrected chi connectivity index (χ1v) is 6.33. The molecule has 4 N–H and O–H groups in total. The molecule has 2 rings (SSSR count). The fourth-order valence-electron chi connectivity index (χ4n) is 2.02. The molecule has 8 heteroatoms. The number of hydrogen-bond donors (Lipinski definition) is 4. The van der Waals surface area contributed by atoms with Crippen molar-refractivity contribution in [2.45, 2.75) is 18.9 Å². The van der Waals surface area contributed by atoms with Gasteiger partial charge in [0.2, 0.25) is 5.91 Å². The molecule has 1 aliphatic rings. The van der Waals surface area contributed by atoms with E-state index in [2.05, 4.69) is 16.0 Å². The number of carbonyl (C=O) groups is 3. The Morgan fingerprint density at radius 3 is 2.76 bits per heavy atom. The van der Waals surface area contributed by atoms with Gasteiger partial charge in [0.05, 0.1) is 11.3 Å². The number of carboxylic acids is 1. The van der Waals surface area contributed by atoms with Gasteiger partial charge in [0.25, 0.3) is 0 Å². The van der Waals surface area contributed by atoms with Crippen molar-refractivity contribution in [1.82, 2.24) is 10.6 Å². The van der Waals surface area contributed by atoms with E-state index < -0.39 is 17.8 Å². The van der Waals surface area contributed by atoms with Gasteiger partial charge in [0.15, 0.2) is 0 Å². The third kappa shape index (κ3) is 3.68. The maximum Gasteiger partial charge on any atom is 0.337 e. The lowest BCUT2D eigenvalue weighted by Gasteiger charge is -2.23. The second-order valence-corrected chi connectivity index (χ2v) is 4.61. The first kappa shape index (κ1) is 14.8. The predicted molar refractivity (Wildman–Crippen MR) is 71.5 cm³/mol. The fraction of sp³-hybridized carbons (Fsp3) is 0.308. The lowest BCUT2D eigenvalue weighted by molar-refractivity contribution is -0.122. The predicted octanol–water partition coefficient (Wildman–Crippen LogP) is 0.924. The van der Waals surface area contributed by atoms with Crippen LogP contribution in [0.3, 0.4) is 0 Å². The molecule has 1 aromatic rings. The van der Waals surface area contributed by atoms with Gasteiger partial charge >= 0.3 is 12.0 Å². The number of para-hydroxylation sites is 1. The Bertz CT molecular complexity index is 581. The SMILES string of the molecule is O=C1CCC(NC(=O)Nc2c(F)cccc2C(=O)O)CN1. The number of carbonyl (C=O) groups excluding carboxylic acids is 2. The van der Waals surface area contributed by atoms with E-state index in [9.17, 15) is 18.8 Å². The summed E-state index contributed by atoms with van der Waals surface area (Å²) in [6.07, 6.45) is 0.771. The highest BCUT2D eigenvalue weighted by atomic mass is 19.1. The summed E-state index contributed by atoms with van der Waals surface area (Å²) < 4.78 is 13.6. The average Bonchev–Trinajstić information content (AvgIpc) is 2.43. The molecule has 0 aromatic heterocycles. The van der Waals surface area contributed by atoms with Crippen LogP contribution in [0.4, 0.5) is 14.9 Å². The maximum absolute atomic E-state index is 13.6.